The van der Waals surface area contributed by atoms with E-state index in [0.29, 0.717) is 0 Å². The van der Waals surface area contributed by atoms with E-state index in [0.717, 1.165) is 23.0 Å². The number of hydrogen-bond acceptors (Lipinski definition) is 4. The van der Waals surface area contributed by atoms with Crippen LogP contribution in [0.25, 0.3) is 88.3 Å². The van der Waals surface area contributed by atoms with Crippen molar-refractivity contribution in [1.82, 2.24) is 0 Å². The number of aryl methyl sites for hydroxylation is 4. The Balaban J connectivity index is 0.000000297. The van der Waals surface area contributed by atoms with Crippen LogP contribution in [0, 0.1) is 27.7 Å². The SMILES string of the molecule is COc1ccc(/C2=C3/c4c(c5c(c(-c6ccc(OC)cc6)c4-c4ccccc4[Si]3(C)C)[Si](C)(C)c3ccccc3-5)/C(c3ccc(OC)cc3)=C3\c4c2c2c(c(-c5ccc(OC)cc5)c4-c4ccccc4[Si]3(C)C)[Si](C)(C)c3ccccc3-2)cc1.Cc1ccccc1.Cc1ccccc1.Cc1ccccc1.Cc1ccccc1. The van der Waals surface area contributed by atoms with Crippen molar-refractivity contribution in [3.63, 3.8) is 0 Å². The van der Waals surface area contributed by atoms with Crippen molar-refractivity contribution < 1.29 is 18.9 Å². The number of methoxy groups -OCH3 is 4. The molecule has 0 bridgehead atoms. The summed E-state index contributed by atoms with van der Waals surface area (Å²) in [6.07, 6.45) is 0. The molecule has 556 valence electrons. The molecule has 0 spiro atoms. The molecule has 5 aliphatic rings. The summed E-state index contributed by atoms with van der Waals surface area (Å²) in [5.41, 5.74) is 32.0. The molecule has 8 heteroatoms. The zero-order valence-electron chi connectivity index (χ0n) is 67.7. The first-order valence-corrected chi connectivity index (χ1v) is 51.2. The van der Waals surface area contributed by atoms with Gasteiger partial charge in [-0.25, -0.2) is 0 Å². The summed E-state index contributed by atoms with van der Waals surface area (Å²) in [6.45, 7) is 29.5. The van der Waals surface area contributed by atoms with E-state index in [1.54, 1.807) is 28.4 Å². The zero-order chi connectivity index (χ0) is 78.4. The fourth-order valence-corrected chi connectivity index (χ4v) is 32.2. The van der Waals surface area contributed by atoms with E-state index in [2.05, 4.69) is 323 Å². The first-order valence-electron chi connectivity index (χ1n) is 39.2. The van der Waals surface area contributed by atoms with Crippen LogP contribution in [0.3, 0.4) is 0 Å². The highest BCUT2D eigenvalue weighted by atomic mass is 28.3. The average molecular weight is 1530 g/mol. The maximum atomic E-state index is 6.09. The van der Waals surface area contributed by atoms with Crippen molar-refractivity contribution in [2.24, 2.45) is 0 Å². The van der Waals surface area contributed by atoms with Crippen LogP contribution in [-0.2, 0) is 0 Å². The third-order valence-electron chi connectivity index (χ3n) is 23.8. The van der Waals surface area contributed by atoms with E-state index in [9.17, 15) is 0 Å². The van der Waals surface area contributed by atoms with Gasteiger partial charge in [0.1, 0.15) is 55.3 Å². The fraction of sp³-hybridized carbons (Fsp3) is 0.154. The lowest BCUT2D eigenvalue weighted by Crippen LogP contribution is -2.53. The van der Waals surface area contributed by atoms with Crippen LogP contribution >= 0.6 is 0 Å². The van der Waals surface area contributed by atoms with Crippen LogP contribution < -0.4 is 50.1 Å². The van der Waals surface area contributed by atoms with Crippen molar-refractivity contribution in [3.05, 3.63) is 371 Å². The molecule has 0 amide bonds. The molecule has 0 atom stereocenters. The number of rotatable bonds is 8. The number of benzene rings is 14. The standard InChI is InChI=1S/C76H68O4Si4.4C7H8/c1-77-49-37-29-45(30-38-49)61-65-53-21-13-17-25-57(53)83(9,10)75-64(48-35-43-52(80-4)44-36-48)70-68-56-24-16-20-28-60(56)82(7,8)74(68)62(46-31-39-50(78-2)40-32-46)66-54-22-14-18-26-58(54)84(11,12)76(72(66)70)63(47-33-41-51(79-3)42-34-47)69(71(65)75)67-55-23-15-19-27-59(55)81(5,6)73(61)67;4*1-7-5-3-2-4-6-7/h13-44H,1-12H3;4*2-6H,1H3/b69-63?,70-64?,75-64+,76-63+;;;;. The van der Waals surface area contributed by atoms with E-state index in [-0.39, 0.29) is 0 Å². The lowest BCUT2D eigenvalue weighted by Gasteiger charge is -2.47. The normalized spacial score (nSPS) is 15.6. The predicted molar refractivity (Wildman–Crippen MR) is 489 cm³/mol. The van der Waals surface area contributed by atoms with Crippen molar-refractivity contribution >= 4 is 85.0 Å². The van der Waals surface area contributed by atoms with Gasteiger partial charge in [-0.1, -0.05) is 342 Å². The molecule has 14 aromatic carbocycles. The Morgan fingerprint density at radius 3 is 0.634 bits per heavy atom. The molecule has 1 aliphatic carbocycles. The summed E-state index contributed by atoms with van der Waals surface area (Å²) in [7, 11) is -3.78. The average Bonchev–Trinajstić information content (AvgIpc) is 1.27. The number of ether oxygens (including phenoxy) is 4. The molecule has 0 N–H and O–H groups in total. The Labute approximate surface area is 668 Å². The van der Waals surface area contributed by atoms with Gasteiger partial charge in [0.25, 0.3) is 0 Å². The maximum absolute atomic E-state index is 6.09. The highest BCUT2D eigenvalue weighted by molar-refractivity contribution is 7.10. The summed E-state index contributed by atoms with van der Waals surface area (Å²) in [6, 6.07) is 116. The highest BCUT2D eigenvalue weighted by Gasteiger charge is 2.55. The third-order valence-corrected chi connectivity index (χ3v) is 37.9. The summed E-state index contributed by atoms with van der Waals surface area (Å²) in [5, 5.41) is 11.8. The molecule has 112 heavy (non-hydrogen) atoms. The minimum atomic E-state index is -2.89. The van der Waals surface area contributed by atoms with Crippen LogP contribution in [0.1, 0.15) is 55.6 Å². The molecule has 0 aromatic heterocycles. The van der Waals surface area contributed by atoms with E-state index in [1.807, 2.05) is 72.8 Å². The molecule has 4 aliphatic heterocycles. The van der Waals surface area contributed by atoms with E-state index < -0.39 is 32.3 Å². The van der Waals surface area contributed by atoms with Crippen LogP contribution in [0.5, 0.6) is 23.0 Å². The van der Waals surface area contributed by atoms with E-state index >= 15 is 0 Å². The molecule has 0 radical (unpaired) electrons. The summed E-state index contributed by atoms with van der Waals surface area (Å²) in [5.74, 6) is 3.39. The van der Waals surface area contributed by atoms with Gasteiger partial charge in [-0.2, -0.15) is 0 Å². The van der Waals surface area contributed by atoms with Gasteiger partial charge in [0.15, 0.2) is 0 Å². The topological polar surface area (TPSA) is 36.9 Å². The summed E-state index contributed by atoms with van der Waals surface area (Å²) in [4.78, 5) is 0. The molecule has 4 nitrogen and oxygen atoms in total. The van der Waals surface area contributed by atoms with Crippen LogP contribution in [0.2, 0.25) is 52.4 Å². The second kappa shape index (κ2) is 31.1. The third kappa shape index (κ3) is 13.4. The Bertz CT molecular complexity index is 5460. The van der Waals surface area contributed by atoms with E-state index in [1.165, 1.54) is 175 Å². The molecule has 0 unspecified atom stereocenters. The first-order chi connectivity index (χ1) is 54.1. The molecule has 4 heterocycles. The van der Waals surface area contributed by atoms with Gasteiger partial charge >= 0.3 is 0 Å². The lowest BCUT2D eigenvalue weighted by molar-refractivity contribution is 0.414. The molecule has 19 rings (SSSR count). The minimum absolute atomic E-state index is 0.844. The van der Waals surface area contributed by atoms with Crippen LogP contribution in [0.4, 0.5) is 0 Å². The Morgan fingerprint density at radius 2 is 0.402 bits per heavy atom. The Kier molecular flexibility index (Phi) is 21.1. The zero-order valence-corrected chi connectivity index (χ0v) is 71.7. The minimum Gasteiger partial charge on any atom is -0.497 e. The number of fused-ring (bicyclic) bond motifs is 12. The molecular weight excluding hydrogens is 1430 g/mol. The van der Waals surface area contributed by atoms with Gasteiger partial charge in [0.05, 0.1) is 28.4 Å². The summed E-state index contributed by atoms with van der Waals surface area (Å²) < 4.78 is 24.1. The van der Waals surface area contributed by atoms with Crippen molar-refractivity contribution in [2.45, 2.75) is 80.1 Å². The smallest absolute Gasteiger partial charge is 0.118 e. The van der Waals surface area contributed by atoms with Gasteiger partial charge in [0.2, 0.25) is 0 Å². The molecular formula is C104H100O4Si4. The number of hydrogen-bond donors (Lipinski definition) is 0. The Hall–Kier alpha value is -11.4. The molecule has 14 aromatic rings. The maximum Gasteiger partial charge on any atom is 0.118 e. The van der Waals surface area contributed by atoms with Crippen molar-refractivity contribution in [3.8, 4) is 89.8 Å². The second-order valence-electron chi connectivity index (χ2n) is 32.2. The quantitative estimate of drug-likeness (QED) is 0.142. The van der Waals surface area contributed by atoms with Gasteiger partial charge < -0.3 is 18.9 Å². The Morgan fingerprint density at radius 1 is 0.188 bits per heavy atom. The summed E-state index contributed by atoms with van der Waals surface area (Å²) >= 11 is 0. The van der Waals surface area contributed by atoms with Crippen molar-refractivity contribution in [1.29, 1.82) is 0 Å². The predicted octanol–water partition coefficient (Wildman–Crippen LogP) is 23.1. The lowest BCUT2D eigenvalue weighted by atomic mass is 9.72. The first kappa shape index (κ1) is 76.0. The molecule has 0 saturated carbocycles. The highest BCUT2D eigenvalue weighted by Crippen LogP contribution is 2.63. The van der Waals surface area contributed by atoms with Gasteiger partial charge in [-0.15, -0.1) is 0 Å². The van der Waals surface area contributed by atoms with Crippen LogP contribution in [0.15, 0.2) is 315 Å². The molecule has 0 saturated heterocycles. The second-order valence-corrected chi connectivity index (χ2v) is 49.4. The fourth-order valence-electron chi connectivity index (χ4n) is 18.4. The molecule has 0 fully saturated rings. The van der Waals surface area contributed by atoms with E-state index in [4.69, 9.17) is 18.9 Å². The monoisotopic (exact) mass is 1520 g/mol. The van der Waals surface area contributed by atoms with Crippen LogP contribution in [-0.4, -0.2) is 60.7 Å². The van der Waals surface area contributed by atoms with Gasteiger partial charge in [-0.05, 0) is 229 Å². The van der Waals surface area contributed by atoms with Crippen molar-refractivity contribution in [2.75, 3.05) is 28.4 Å². The van der Waals surface area contributed by atoms with Gasteiger partial charge in [0, 0.05) is 0 Å². The van der Waals surface area contributed by atoms with Gasteiger partial charge in [-0.3, -0.25) is 0 Å². The largest absolute Gasteiger partial charge is 0.497 e.